The van der Waals surface area contributed by atoms with E-state index in [1.54, 1.807) is 4.90 Å². The summed E-state index contributed by atoms with van der Waals surface area (Å²) in [6.07, 6.45) is 0. The van der Waals surface area contributed by atoms with E-state index in [0.29, 0.717) is 0 Å². The summed E-state index contributed by atoms with van der Waals surface area (Å²) in [5.41, 5.74) is 0. The minimum absolute atomic E-state index is 0. The van der Waals surface area contributed by atoms with E-state index in [-0.39, 0.29) is 37.2 Å². The van der Waals surface area contributed by atoms with E-state index in [1.165, 1.54) is 19.6 Å². The Hall–Kier alpha value is 0.830. The number of rotatable bonds is 3. The Balaban J connectivity index is -0.0000000600. The summed E-state index contributed by atoms with van der Waals surface area (Å²) in [6, 6.07) is 0. The SMILES string of the molecule is CC[NH+](CC)CC.[Cl-].[Cl-].[Cl-]. The zero-order valence-corrected chi connectivity index (χ0v) is 9.02. The van der Waals surface area contributed by atoms with E-state index in [0.717, 1.165) is 0 Å². The summed E-state index contributed by atoms with van der Waals surface area (Å²) in [5, 5.41) is 0. The molecule has 0 aromatic carbocycles. The second-order valence-corrected chi connectivity index (χ2v) is 1.81. The second kappa shape index (κ2) is 16.4. The van der Waals surface area contributed by atoms with Gasteiger partial charge in [0, 0.05) is 0 Å². The van der Waals surface area contributed by atoms with E-state index < -0.39 is 0 Å². The van der Waals surface area contributed by atoms with Crippen LogP contribution in [0.5, 0.6) is 0 Å². The minimum Gasteiger partial charge on any atom is -1.00 e. The molecule has 0 aromatic heterocycles. The van der Waals surface area contributed by atoms with Crippen molar-refractivity contribution in [2.45, 2.75) is 20.8 Å². The van der Waals surface area contributed by atoms with Gasteiger partial charge in [-0.25, -0.2) is 0 Å². The van der Waals surface area contributed by atoms with Gasteiger partial charge in [-0.15, -0.1) is 0 Å². The van der Waals surface area contributed by atoms with Crippen LogP contribution in [0.15, 0.2) is 0 Å². The lowest BCUT2D eigenvalue weighted by Crippen LogP contribution is -3.11. The van der Waals surface area contributed by atoms with Gasteiger partial charge in [-0.1, -0.05) is 0 Å². The zero-order valence-electron chi connectivity index (χ0n) is 6.76. The molecule has 10 heavy (non-hydrogen) atoms. The first-order valence-electron chi connectivity index (χ1n) is 3.18. The lowest BCUT2D eigenvalue weighted by Gasteiger charge is -2.10. The Morgan fingerprint density at radius 2 is 0.900 bits per heavy atom. The maximum absolute atomic E-state index is 2.22. The third kappa shape index (κ3) is 11.6. The zero-order chi connectivity index (χ0) is 5.70. The van der Waals surface area contributed by atoms with Gasteiger partial charge < -0.3 is 42.1 Å². The van der Waals surface area contributed by atoms with Gasteiger partial charge in [0.2, 0.25) is 0 Å². The first-order valence-corrected chi connectivity index (χ1v) is 3.18. The number of halogens is 3. The molecule has 1 nitrogen and oxygen atoms in total. The van der Waals surface area contributed by atoms with Gasteiger partial charge in [0.05, 0.1) is 19.6 Å². The van der Waals surface area contributed by atoms with Gasteiger partial charge in [-0.2, -0.15) is 0 Å². The molecule has 1 N–H and O–H groups in total. The maximum Gasteiger partial charge on any atom is 0.0742 e. The average molecular weight is 209 g/mol. The summed E-state index contributed by atoms with van der Waals surface area (Å²) >= 11 is 0. The van der Waals surface area contributed by atoms with Crippen LogP contribution in [0.25, 0.3) is 0 Å². The fraction of sp³-hybridized carbons (Fsp3) is 1.00. The molecular weight excluding hydrogens is 192 g/mol. The van der Waals surface area contributed by atoms with Crippen LogP contribution in [-0.4, -0.2) is 19.6 Å². The second-order valence-electron chi connectivity index (χ2n) is 1.81. The quantitative estimate of drug-likeness (QED) is 0.470. The average Bonchev–Trinajstić information content (AvgIpc) is 1.72. The van der Waals surface area contributed by atoms with Crippen LogP contribution in [0.2, 0.25) is 0 Å². The van der Waals surface area contributed by atoms with Crippen LogP contribution in [0.4, 0.5) is 0 Å². The maximum atomic E-state index is 2.22. The van der Waals surface area contributed by atoms with Crippen molar-refractivity contribution >= 4 is 0 Å². The third-order valence-electron chi connectivity index (χ3n) is 1.50. The van der Waals surface area contributed by atoms with Crippen molar-refractivity contribution < 1.29 is 42.1 Å². The Labute approximate surface area is 82.8 Å². The van der Waals surface area contributed by atoms with Gasteiger partial charge in [0.1, 0.15) is 0 Å². The Morgan fingerprint density at radius 1 is 0.700 bits per heavy atom. The molecule has 0 radical (unpaired) electrons. The van der Waals surface area contributed by atoms with Crippen molar-refractivity contribution in [3.63, 3.8) is 0 Å². The molecule has 0 unspecified atom stereocenters. The summed E-state index contributed by atoms with van der Waals surface area (Å²) in [7, 11) is 0. The largest absolute Gasteiger partial charge is 1.00 e. The summed E-state index contributed by atoms with van der Waals surface area (Å²) in [6.45, 7) is 10.5. The molecule has 0 spiro atoms. The molecule has 4 heteroatoms. The fourth-order valence-electron chi connectivity index (χ4n) is 0.750. The highest BCUT2D eigenvalue weighted by atomic mass is 35.5. The normalized spacial score (nSPS) is 7.20. The molecule has 0 aromatic rings. The molecule has 0 saturated heterocycles. The lowest BCUT2D eigenvalue weighted by molar-refractivity contribution is -0.894. The van der Waals surface area contributed by atoms with Gasteiger partial charge in [0.25, 0.3) is 0 Å². The topological polar surface area (TPSA) is 4.44 Å². The highest BCUT2D eigenvalue weighted by Gasteiger charge is 1.92. The van der Waals surface area contributed by atoms with Gasteiger partial charge in [-0.3, -0.25) is 0 Å². The molecule has 0 aliphatic rings. The molecule has 0 amide bonds. The van der Waals surface area contributed by atoms with Crippen molar-refractivity contribution in [1.29, 1.82) is 0 Å². The Morgan fingerprint density at radius 3 is 0.900 bits per heavy atom. The van der Waals surface area contributed by atoms with Crippen molar-refractivity contribution in [2.24, 2.45) is 0 Å². The third-order valence-corrected chi connectivity index (χ3v) is 1.50. The van der Waals surface area contributed by atoms with Crippen molar-refractivity contribution in [1.82, 2.24) is 0 Å². The highest BCUT2D eigenvalue weighted by molar-refractivity contribution is 4.11. The molecular formula is C6H16Cl3N-2. The van der Waals surface area contributed by atoms with Crippen LogP contribution in [0.1, 0.15) is 20.8 Å². The molecule has 0 bridgehead atoms. The van der Waals surface area contributed by atoms with E-state index in [9.17, 15) is 0 Å². The predicted octanol–water partition coefficient (Wildman–Crippen LogP) is -9.06. The van der Waals surface area contributed by atoms with Gasteiger partial charge >= 0.3 is 0 Å². The lowest BCUT2D eigenvalue weighted by atomic mass is 10.5. The van der Waals surface area contributed by atoms with Gasteiger partial charge in [-0.05, 0) is 20.8 Å². The van der Waals surface area contributed by atoms with E-state index in [4.69, 9.17) is 0 Å². The number of hydrogen-bond donors (Lipinski definition) is 1. The van der Waals surface area contributed by atoms with E-state index >= 15 is 0 Å². The summed E-state index contributed by atoms with van der Waals surface area (Å²) < 4.78 is 0. The van der Waals surface area contributed by atoms with E-state index in [1.807, 2.05) is 0 Å². The molecule has 0 atom stereocenters. The van der Waals surface area contributed by atoms with Crippen LogP contribution in [-0.2, 0) is 0 Å². The van der Waals surface area contributed by atoms with Crippen LogP contribution in [0.3, 0.4) is 0 Å². The van der Waals surface area contributed by atoms with Crippen LogP contribution >= 0.6 is 0 Å². The summed E-state index contributed by atoms with van der Waals surface area (Å²) in [4.78, 5) is 1.68. The molecule has 0 rings (SSSR count). The molecule has 0 aliphatic carbocycles. The smallest absolute Gasteiger partial charge is 0.0742 e. The molecule has 0 aliphatic heterocycles. The first-order chi connectivity index (χ1) is 3.35. The highest BCUT2D eigenvalue weighted by Crippen LogP contribution is 1.45. The van der Waals surface area contributed by atoms with Crippen LogP contribution < -0.4 is 42.1 Å². The molecule has 68 valence electrons. The Bertz CT molecular complexity index is 34.5. The minimum atomic E-state index is 0. The monoisotopic (exact) mass is 207 g/mol. The first kappa shape index (κ1) is 22.4. The van der Waals surface area contributed by atoms with Crippen molar-refractivity contribution in [2.75, 3.05) is 19.6 Å². The number of hydrogen-bond acceptors (Lipinski definition) is 0. The van der Waals surface area contributed by atoms with Crippen molar-refractivity contribution in [3.05, 3.63) is 0 Å². The number of quaternary nitrogens is 1. The standard InChI is InChI=1S/C6H15N.3ClH/c1-4-7(5-2)6-3;;;/h4-6H2,1-3H3;3*1H/p-2. The fourth-order valence-corrected chi connectivity index (χ4v) is 0.750. The summed E-state index contributed by atoms with van der Waals surface area (Å²) in [5.74, 6) is 0. The van der Waals surface area contributed by atoms with E-state index in [2.05, 4.69) is 20.8 Å². The van der Waals surface area contributed by atoms with Crippen LogP contribution in [0, 0.1) is 0 Å². The van der Waals surface area contributed by atoms with Gasteiger partial charge in [0.15, 0.2) is 0 Å². The molecule has 0 fully saturated rings. The van der Waals surface area contributed by atoms with Crippen molar-refractivity contribution in [3.8, 4) is 0 Å². The molecule has 0 heterocycles. The Kier molecular flexibility index (Phi) is 36.9. The number of nitrogens with one attached hydrogen (secondary N) is 1. The molecule has 0 saturated carbocycles. The predicted molar refractivity (Wildman–Crippen MR) is 32.6 cm³/mol.